The first kappa shape index (κ1) is 53.2. The van der Waals surface area contributed by atoms with Crippen LogP contribution < -0.4 is 22.2 Å². The Hall–Kier alpha value is -4.80. The molecule has 16 N–H and O–H groups in total. The van der Waals surface area contributed by atoms with Crippen molar-refractivity contribution in [1.29, 1.82) is 0 Å². The Morgan fingerprint density at radius 2 is 0.697 bits per heavy atom. The summed E-state index contributed by atoms with van der Waals surface area (Å²) in [6, 6.07) is 0. The Bertz CT molecular complexity index is 3570. The van der Waals surface area contributed by atoms with E-state index in [-0.39, 0.29) is 9.34 Å². The second-order valence-corrected chi connectivity index (χ2v) is 17.0. The van der Waals surface area contributed by atoms with Crippen LogP contribution in [-0.4, -0.2) is 198 Å². The van der Waals surface area contributed by atoms with Gasteiger partial charge < -0.3 is 80.2 Å². The predicted octanol–water partition coefficient (Wildman–Crippen LogP) is -4.19. The predicted molar refractivity (Wildman–Crippen MR) is 236 cm³/mol. The average molecular weight is 1190 g/mol. The van der Waals surface area contributed by atoms with Crippen molar-refractivity contribution in [1.82, 2.24) is 38.2 Å². The van der Waals surface area contributed by atoms with Crippen LogP contribution in [0.5, 0.6) is 0 Å². The Labute approximate surface area is 441 Å². The number of nitrogens with one attached hydrogen (secondary N) is 4. The highest BCUT2D eigenvalue weighted by Gasteiger charge is 2.59. The molecule has 40 heteroatoms. The van der Waals surface area contributed by atoms with Gasteiger partial charge in [0.2, 0.25) is 23.3 Å². The van der Waals surface area contributed by atoms with Crippen LogP contribution in [0.1, 0.15) is 33.1 Å². The molecule has 0 radical (unpaired) electrons. The van der Waals surface area contributed by atoms with Gasteiger partial charge in [-0.2, -0.15) is 17.6 Å². The first-order chi connectivity index (χ1) is 37.3. The largest absolute Gasteiger partial charge is 0.390 e. The molecule has 4 fully saturated rings. The van der Waals surface area contributed by atoms with Crippen molar-refractivity contribution in [3.05, 3.63) is 109 Å². The van der Waals surface area contributed by atoms with E-state index in [1.54, 1.807) is 4.98 Å². The van der Waals surface area contributed by atoms with E-state index in [1.807, 2.05) is 15.0 Å². The Balaban J connectivity index is 0.000000201. The maximum atomic E-state index is 14.4. The summed E-state index contributed by atoms with van der Waals surface area (Å²) in [5.41, 5.74) is -4.66. The van der Waals surface area contributed by atoms with Gasteiger partial charge in [0.25, 0.3) is 45.7 Å². The number of hydrogen-bond acceptors (Lipinski definition) is 24. The van der Waals surface area contributed by atoms with E-state index in [0.29, 0.717) is 33.9 Å². The molecule has 4 aliphatic heterocycles. The maximum absolute atomic E-state index is 14.4. The van der Waals surface area contributed by atoms with Gasteiger partial charge in [0, 0.05) is 0 Å². The molecule has 424 valence electrons. The van der Waals surface area contributed by atoms with Gasteiger partial charge in [0.05, 0.1) is 33.0 Å². The topological polar surface area (TPSA) is 431 Å². The molecular weight excluding hydrogens is 1140 g/mol. The summed E-state index contributed by atoms with van der Waals surface area (Å²) in [4.78, 5) is 51.5. The molecule has 16 atom stereocenters. The summed E-state index contributed by atoms with van der Waals surface area (Å²) >= 11 is 18.7. The number of nitrogens with zero attached hydrogens (tertiary/aromatic N) is 4. The molecule has 0 unspecified atom stereocenters. The van der Waals surface area contributed by atoms with Gasteiger partial charge in [-0.3, -0.25) is 57.4 Å². The molecule has 4 aromatic rings. The van der Waals surface area contributed by atoms with Crippen LogP contribution in [0.2, 0.25) is 0 Å². The lowest BCUT2D eigenvalue weighted by Crippen LogP contribution is -2.42. The molecular formula is C36H40F8N8O20S4. The zero-order chi connectivity index (χ0) is 62.9. The highest BCUT2D eigenvalue weighted by molar-refractivity contribution is 7.71. The number of hydrogen-bond donors (Lipinski definition) is 16. The molecule has 0 bridgehead atoms. The SMILES string of the molecule is O=c1[nH]c(=S)n([C@@H]2O[C@](F)(CO)[C@@H](O)[C@H]2O)cc1F.[2H]C([2H])(O)[C@@]1(F)O[C@@H](n2cc(F)c(=O)[nH]c2=S)[C@H](O)[C@@H]1O.[2H]C([2H])(O)[C@@]1(F)O[C@@]([2H])(n2cc(F)c(=O)[nH]c2=S)[C@H](O)[C@@H]1O.[2H][C@@]1(n2cc(F)c(=O)[nH]c2=S)O[C@](F)(CO)[C@@H](O)[C@H]1O. The van der Waals surface area contributed by atoms with E-state index in [9.17, 15) is 95.2 Å². The summed E-state index contributed by atoms with van der Waals surface area (Å²) in [6.45, 7) is -9.99. The van der Waals surface area contributed by atoms with Crippen molar-refractivity contribution >= 4 is 48.9 Å². The average Bonchev–Trinajstić information content (AvgIpc) is 2.93. The highest BCUT2D eigenvalue weighted by atomic mass is 32.1. The third-order valence-electron chi connectivity index (χ3n) is 10.5. The van der Waals surface area contributed by atoms with E-state index in [2.05, 4.69) is 55.6 Å². The maximum Gasteiger partial charge on any atom is 0.287 e. The van der Waals surface area contributed by atoms with E-state index in [1.165, 1.54) is 0 Å². The zero-order valence-electron chi connectivity index (χ0n) is 42.6. The third-order valence-corrected chi connectivity index (χ3v) is 11.7. The molecule has 4 saturated heterocycles. The molecule has 0 saturated carbocycles. The molecule has 28 nitrogen and oxygen atoms in total. The summed E-state index contributed by atoms with van der Waals surface area (Å²) < 4.78 is 171. The van der Waals surface area contributed by atoms with Gasteiger partial charge in [-0.25, -0.2) is 17.6 Å². The fourth-order valence-corrected chi connectivity index (χ4v) is 7.47. The van der Waals surface area contributed by atoms with Crippen LogP contribution in [0.25, 0.3) is 0 Å². The van der Waals surface area contributed by atoms with Crippen molar-refractivity contribution in [3.8, 4) is 0 Å². The Kier molecular flexibility index (Phi) is 16.6. The van der Waals surface area contributed by atoms with Crippen molar-refractivity contribution < 1.29 is 124 Å². The van der Waals surface area contributed by atoms with Crippen LogP contribution >= 0.6 is 48.9 Å². The van der Waals surface area contributed by atoms with Crippen molar-refractivity contribution in [3.63, 3.8) is 0 Å². The standard InChI is InChI=1S/4C9H10F2N2O5S/c4*10-3-1-13(8(19)12-6(3)17)7-4(15)5(16)9(11,2-14)18-7/h4*1,4-5,7,14-16H,2H2,(H,12,17,19)/t4*4-,5+,7-,9-/m1111/s1/i2D2,7D;7D;2D2;. The number of ether oxygens (including phenoxy) is 4. The summed E-state index contributed by atoms with van der Waals surface area (Å²) in [6.07, 6.45) is -25.3. The van der Waals surface area contributed by atoms with E-state index >= 15 is 0 Å². The zero-order valence-corrected chi connectivity index (χ0v) is 39.8. The first-order valence-corrected chi connectivity index (χ1v) is 21.6. The summed E-state index contributed by atoms with van der Waals surface area (Å²) in [7, 11) is 0. The van der Waals surface area contributed by atoms with Gasteiger partial charge in [-0.05, 0) is 48.9 Å². The van der Waals surface area contributed by atoms with Gasteiger partial charge >= 0.3 is 0 Å². The van der Waals surface area contributed by atoms with Crippen LogP contribution in [0.3, 0.4) is 0 Å². The van der Waals surface area contributed by atoms with Gasteiger partial charge in [0.1, 0.15) is 75.2 Å². The molecule has 8 heterocycles. The monoisotopic (exact) mass is 1190 g/mol. The summed E-state index contributed by atoms with van der Waals surface area (Å²) in [5, 5.41) is 113. The van der Waals surface area contributed by atoms with Crippen LogP contribution in [0.4, 0.5) is 35.1 Å². The number of rotatable bonds is 8. The molecule has 8 rings (SSSR count). The minimum Gasteiger partial charge on any atom is -0.390 e. The van der Waals surface area contributed by atoms with Crippen LogP contribution in [0.15, 0.2) is 44.0 Å². The Morgan fingerprint density at radius 3 is 0.974 bits per heavy atom. The minimum atomic E-state index is -3.89. The van der Waals surface area contributed by atoms with Gasteiger partial charge in [-0.1, -0.05) is 0 Å². The number of aromatic nitrogens is 8. The lowest BCUT2D eigenvalue weighted by Gasteiger charge is -2.20. The van der Waals surface area contributed by atoms with E-state index in [4.69, 9.17) is 40.9 Å². The summed E-state index contributed by atoms with van der Waals surface area (Å²) in [5.74, 6) is -18.9. The normalized spacial score (nSPS) is 38.2. The van der Waals surface area contributed by atoms with Gasteiger partial charge in [-0.15, -0.1) is 0 Å². The molecule has 0 amide bonds. The van der Waals surface area contributed by atoms with Crippen molar-refractivity contribution in [2.75, 3.05) is 26.3 Å². The molecule has 4 aromatic heterocycles. The van der Waals surface area contributed by atoms with Crippen LogP contribution in [-0.2, 0) is 18.9 Å². The Morgan fingerprint density at radius 1 is 0.461 bits per heavy atom. The van der Waals surface area contributed by atoms with E-state index < -0.39 is 183 Å². The highest BCUT2D eigenvalue weighted by Crippen LogP contribution is 2.41. The fourth-order valence-electron chi connectivity index (χ4n) is 6.50. The number of halogens is 8. The minimum absolute atomic E-state index is 0.278. The number of aliphatic hydroxyl groups is 12. The second-order valence-electron chi connectivity index (χ2n) is 15.4. The quantitative estimate of drug-likeness (QED) is 0.0588. The molecule has 0 aromatic carbocycles. The van der Waals surface area contributed by atoms with E-state index in [0.717, 1.165) is 4.57 Å². The van der Waals surface area contributed by atoms with Crippen molar-refractivity contribution in [2.24, 2.45) is 0 Å². The molecule has 0 spiro atoms. The number of alkyl halides is 4. The molecule has 76 heavy (non-hydrogen) atoms. The smallest absolute Gasteiger partial charge is 0.287 e. The van der Waals surface area contributed by atoms with Crippen molar-refractivity contribution in [2.45, 2.75) is 97.1 Å². The number of H-pyrrole nitrogens is 4. The lowest BCUT2D eigenvalue weighted by molar-refractivity contribution is -0.207. The lowest BCUT2D eigenvalue weighted by atomic mass is 10.1. The molecule has 4 aliphatic rings. The number of aromatic amines is 4. The second kappa shape index (κ2) is 23.7. The van der Waals surface area contributed by atoms with Gasteiger partial charge in [0.15, 0.2) is 43.9 Å². The number of aliphatic hydroxyl groups excluding tert-OH is 10. The molecule has 0 aliphatic carbocycles. The third kappa shape index (κ3) is 12.1. The fraction of sp³-hybridized carbons (Fsp3) is 0.556. The van der Waals surface area contributed by atoms with Crippen LogP contribution in [0, 0.1) is 42.4 Å². The first-order valence-electron chi connectivity index (χ1n) is 23.0.